The number of hydrogen-bond donors (Lipinski definition) is 1. The maximum atomic E-state index is 4.81. The highest BCUT2D eigenvalue weighted by Gasteiger charge is 2.32. The van der Waals surface area contributed by atoms with Crippen LogP contribution in [-0.2, 0) is 0 Å². The monoisotopic (exact) mass is 226 g/mol. The molecule has 1 saturated heterocycles. The lowest BCUT2D eigenvalue weighted by Crippen LogP contribution is -2.40. The first-order valence-electron chi connectivity index (χ1n) is 6.12. The smallest absolute Gasteiger partial charge is 0.157 e. The molecule has 2 fully saturated rings. The van der Waals surface area contributed by atoms with Crippen LogP contribution in [0.5, 0.6) is 0 Å². The molecule has 1 heterocycles. The molecule has 3 heteroatoms. The number of nitrogens with zero attached hydrogens (tertiary/aromatic N) is 1. The topological polar surface area (TPSA) is 24.4 Å². The van der Waals surface area contributed by atoms with Crippen molar-refractivity contribution in [3.63, 3.8) is 0 Å². The molecule has 0 aromatic heterocycles. The molecule has 2 aliphatic rings. The van der Waals surface area contributed by atoms with Gasteiger partial charge in [0.25, 0.3) is 0 Å². The van der Waals surface area contributed by atoms with Gasteiger partial charge in [-0.2, -0.15) is 0 Å². The van der Waals surface area contributed by atoms with E-state index in [0.29, 0.717) is 6.04 Å². The molecule has 15 heavy (non-hydrogen) atoms. The first-order chi connectivity index (χ1) is 7.13. The van der Waals surface area contributed by atoms with E-state index in [9.17, 15) is 0 Å². The van der Waals surface area contributed by atoms with E-state index in [-0.39, 0.29) is 5.54 Å². The molecule has 1 saturated carbocycles. The third-order valence-electron chi connectivity index (χ3n) is 3.87. The quantitative estimate of drug-likeness (QED) is 0.800. The van der Waals surface area contributed by atoms with Gasteiger partial charge in [-0.15, -0.1) is 0 Å². The third kappa shape index (κ3) is 2.49. The molecule has 0 aromatic carbocycles. The summed E-state index contributed by atoms with van der Waals surface area (Å²) in [5.41, 5.74) is 0.281. The zero-order valence-electron chi connectivity index (χ0n) is 10.0. The first kappa shape index (κ1) is 11.3. The van der Waals surface area contributed by atoms with Gasteiger partial charge in [0.05, 0.1) is 6.04 Å². The van der Waals surface area contributed by atoms with E-state index >= 15 is 0 Å². The molecule has 1 aliphatic heterocycles. The molecule has 2 rings (SSSR count). The summed E-state index contributed by atoms with van der Waals surface area (Å²) in [5, 5.41) is 4.74. The highest BCUT2D eigenvalue weighted by Crippen LogP contribution is 2.32. The number of rotatable bonds is 3. The Morgan fingerprint density at radius 2 is 2.33 bits per heavy atom. The van der Waals surface area contributed by atoms with Crippen LogP contribution in [-0.4, -0.2) is 22.5 Å². The maximum Gasteiger partial charge on any atom is 0.157 e. The zero-order valence-corrected chi connectivity index (χ0v) is 10.9. The summed E-state index contributed by atoms with van der Waals surface area (Å²) in [6.07, 6.45) is 5.35. The highest BCUT2D eigenvalue weighted by molar-refractivity contribution is 8.14. The number of thioether (sulfide) groups is 1. The van der Waals surface area contributed by atoms with Gasteiger partial charge in [0, 0.05) is 11.3 Å². The summed E-state index contributed by atoms with van der Waals surface area (Å²) >= 11 is 1.89. The summed E-state index contributed by atoms with van der Waals surface area (Å²) in [6.45, 7) is 6.79. The van der Waals surface area contributed by atoms with Crippen molar-refractivity contribution in [2.45, 2.75) is 58.0 Å². The van der Waals surface area contributed by atoms with Crippen LogP contribution >= 0.6 is 11.8 Å². The molecule has 1 N–H and O–H groups in total. The van der Waals surface area contributed by atoms with Crippen LogP contribution in [0, 0.1) is 5.92 Å². The number of aliphatic imine (C=N–C) groups is 1. The number of hydrogen-bond acceptors (Lipinski definition) is 2. The predicted molar refractivity (Wildman–Crippen MR) is 68.5 cm³/mol. The van der Waals surface area contributed by atoms with Crippen LogP contribution in [0.25, 0.3) is 0 Å². The molecule has 86 valence electrons. The van der Waals surface area contributed by atoms with Gasteiger partial charge in [-0.1, -0.05) is 25.1 Å². The van der Waals surface area contributed by atoms with Crippen molar-refractivity contribution < 1.29 is 0 Å². The van der Waals surface area contributed by atoms with Crippen LogP contribution in [0.4, 0.5) is 0 Å². The van der Waals surface area contributed by atoms with Gasteiger partial charge in [0.2, 0.25) is 0 Å². The molecule has 1 aliphatic carbocycles. The Kier molecular flexibility index (Phi) is 3.29. The zero-order chi connectivity index (χ0) is 10.9. The molecule has 2 nitrogen and oxygen atoms in total. The fourth-order valence-corrected chi connectivity index (χ4v) is 3.32. The Morgan fingerprint density at radius 1 is 1.60 bits per heavy atom. The average molecular weight is 226 g/mol. The van der Waals surface area contributed by atoms with Crippen molar-refractivity contribution >= 4 is 16.9 Å². The van der Waals surface area contributed by atoms with Crippen molar-refractivity contribution in [2.75, 3.05) is 5.75 Å². The van der Waals surface area contributed by atoms with Gasteiger partial charge >= 0.3 is 0 Å². The molecule has 0 radical (unpaired) electrons. The fourth-order valence-electron chi connectivity index (χ4n) is 2.03. The molecular weight excluding hydrogens is 204 g/mol. The minimum Gasteiger partial charge on any atom is -0.359 e. The Labute approximate surface area is 97.3 Å². The fraction of sp³-hybridized carbons (Fsp3) is 0.917. The molecule has 2 unspecified atom stereocenters. The van der Waals surface area contributed by atoms with Gasteiger partial charge in [0.15, 0.2) is 5.17 Å². The predicted octanol–water partition coefficient (Wildman–Crippen LogP) is 3.04. The van der Waals surface area contributed by atoms with Gasteiger partial charge in [-0.25, -0.2) is 0 Å². The van der Waals surface area contributed by atoms with Crippen LogP contribution < -0.4 is 5.32 Å². The first-order valence-corrected chi connectivity index (χ1v) is 7.10. The summed E-state index contributed by atoms with van der Waals surface area (Å²) in [4.78, 5) is 4.81. The second kappa shape index (κ2) is 4.36. The van der Waals surface area contributed by atoms with E-state index in [1.54, 1.807) is 0 Å². The standard InChI is InChI=1S/C12H22N2S/c1-4-12(3)8-15-11(14-12)13-9(2)10-6-5-7-10/h9-10H,4-8H2,1-3H3,(H,13,14). The van der Waals surface area contributed by atoms with Gasteiger partial charge in [-0.05, 0) is 39.0 Å². The van der Waals surface area contributed by atoms with Crippen LogP contribution in [0.1, 0.15) is 46.5 Å². The maximum absolute atomic E-state index is 4.81. The SMILES string of the molecule is CCC1(C)CSC(=NC(C)C2CCC2)N1. The van der Waals surface area contributed by atoms with Crippen LogP contribution in [0.3, 0.4) is 0 Å². The molecule has 0 bridgehead atoms. The highest BCUT2D eigenvalue weighted by atomic mass is 32.2. The minimum atomic E-state index is 0.281. The third-order valence-corrected chi connectivity index (χ3v) is 5.13. The normalized spacial score (nSPS) is 36.3. The van der Waals surface area contributed by atoms with Crippen molar-refractivity contribution in [3.8, 4) is 0 Å². The number of nitrogens with one attached hydrogen (secondary N) is 1. The van der Waals surface area contributed by atoms with E-state index in [0.717, 1.165) is 5.92 Å². The molecular formula is C12H22N2S. The van der Waals surface area contributed by atoms with Crippen molar-refractivity contribution in [1.29, 1.82) is 0 Å². The summed E-state index contributed by atoms with van der Waals surface area (Å²) < 4.78 is 0. The van der Waals surface area contributed by atoms with Crippen LogP contribution in [0.2, 0.25) is 0 Å². The largest absolute Gasteiger partial charge is 0.359 e. The summed E-state index contributed by atoms with van der Waals surface area (Å²) in [7, 11) is 0. The van der Waals surface area contributed by atoms with Gasteiger partial charge in [0.1, 0.15) is 0 Å². The number of amidine groups is 1. The summed E-state index contributed by atoms with van der Waals surface area (Å²) in [5.74, 6) is 2.02. The average Bonchev–Trinajstić information content (AvgIpc) is 2.45. The van der Waals surface area contributed by atoms with Gasteiger partial charge < -0.3 is 5.32 Å². The van der Waals surface area contributed by atoms with Crippen molar-refractivity contribution in [2.24, 2.45) is 10.9 Å². The van der Waals surface area contributed by atoms with E-state index in [1.807, 2.05) is 11.8 Å². The van der Waals surface area contributed by atoms with Crippen molar-refractivity contribution in [3.05, 3.63) is 0 Å². The van der Waals surface area contributed by atoms with Crippen LogP contribution in [0.15, 0.2) is 4.99 Å². The molecule has 0 spiro atoms. The lowest BCUT2D eigenvalue weighted by Gasteiger charge is -2.29. The second-order valence-corrected chi connectivity index (χ2v) is 6.16. The molecule has 0 amide bonds. The Balaban J connectivity index is 1.91. The summed E-state index contributed by atoms with van der Waals surface area (Å²) in [6, 6.07) is 0.521. The Hall–Kier alpha value is -0.180. The second-order valence-electron chi connectivity index (χ2n) is 5.19. The van der Waals surface area contributed by atoms with E-state index in [2.05, 4.69) is 26.1 Å². The minimum absolute atomic E-state index is 0.281. The lowest BCUT2D eigenvalue weighted by molar-refractivity contribution is 0.274. The van der Waals surface area contributed by atoms with Gasteiger partial charge in [-0.3, -0.25) is 4.99 Å². The Bertz CT molecular complexity index is 260. The van der Waals surface area contributed by atoms with E-state index in [4.69, 9.17) is 4.99 Å². The van der Waals surface area contributed by atoms with E-state index < -0.39 is 0 Å². The molecule has 0 aromatic rings. The van der Waals surface area contributed by atoms with Crippen molar-refractivity contribution in [1.82, 2.24) is 5.32 Å². The van der Waals surface area contributed by atoms with E-state index in [1.165, 1.54) is 36.6 Å². The Morgan fingerprint density at radius 3 is 2.80 bits per heavy atom. The molecule has 2 atom stereocenters. The lowest BCUT2D eigenvalue weighted by atomic mass is 9.81.